The molecule has 8 heteroatoms. The summed E-state index contributed by atoms with van der Waals surface area (Å²) in [5.74, 6) is -0.638. The minimum Gasteiger partial charge on any atom is -0.462 e. The highest BCUT2D eigenvalue weighted by molar-refractivity contribution is 7.15. The van der Waals surface area contributed by atoms with Gasteiger partial charge in [-0.3, -0.25) is 14.5 Å². The standard InChI is InChI=1S/C18H25N3O4S/c1-2-25-18(24)15-12(11-6-7-11)10-26-17(15)20-14(22)9-21-8-4-3-5-13(21)16(19)23/h10-11,13H,2-9H2,1H3,(H2,19,23)(H,20,22). The maximum absolute atomic E-state index is 12.5. The Kier molecular flexibility index (Phi) is 5.93. The number of carbonyl (C=O) groups excluding carboxylic acids is 3. The summed E-state index contributed by atoms with van der Waals surface area (Å²) in [5.41, 5.74) is 6.91. The zero-order valence-corrected chi connectivity index (χ0v) is 15.8. The lowest BCUT2D eigenvalue weighted by molar-refractivity contribution is -0.126. The van der Waals surface area contributed by atoms with E-state index >= 15 is 0 Å². The summed E-state index contributed by atoms with van der Waals surface area (Å²) in [4.78, 5) is 38.3. The number of hydrogen-bond donors (Lipinski definition) is 2. The summed E-state index contributed by atoms with van der Waals surface area (Å²) in [7, 11) is 0. The van der Waals surface area contributed by atoms with Crippen molar-refractivity contribution < 1.29 is 19.1 Å². The highest BCUT2D eigenvalue weighted by Gasteiger charge is 2.33. The largest absolute Gasteiger partial charge is 0.462 e. The van der Waals surface area contributed by atoms with Crippen LogP contribution < -0.4 is 11.1 Å². The number of ether oxygens (including phenoxy) is 1. The Balaban J connectivity index is 1.70. The van der Waals surface area contributed by atoms with E-state index in [-0.39, 0.29) is 18.4 Å². The molecule has 1 aromatic rings. The van der Waals surface area contributed by atoms with Crippen LogP contribution in [-0.4, -0.2) is 48.4 Å². The summed E-state index contributed by atoms with van der Waals surface area (Å²) in [6.07, 6.45) is 4.68. The Hall–Kier alpha value is -1.93. The predicted octanol–water partition coefficient (Wildman–Crippen LogP) is 2.08. The Morgan fingerprint density at radius 2 is 2.08 bits per heavy atom. The average Bonchev–Trinajstić information content (AvgIpc) is 3.36. The fraction of sp³-hybridized carbons (Fsp3) is 0.611. The molecule has 3 N–H and O–H groups in total. The van der Waals surface area contributed by atoms with Crippen molar-refractivity contribution in [2.75, 3.05) is 25.0 Å². The summed E-state index contributed by atoms with van der Waals surface area (Å²) in [5, 5.41) is 5.31. The first-order chi connectivity index (χ1) is 12.5. The van der Waals surface area contributed by atoms with Crippen molar-refractivity contribution in [2.45, 2.75) is 51.0 Å². The van der Waals surface area contributed by atoms with Gasteiger partial charge < -0.3 is 15.8 Å². The van der Waals surface area contributed by atoms with Gasteiger partial charge in [0.05, 0.1) is 24.8 Å². The molecule has 0 bridgehead atoms. The molecule has 26 heavy (non-hydrogen) atoms. The number of carbonyl (C=O) groups is 3. The molecule has 1 saturated heterocycles. The molecule has 1 saturated carbocycles. The van der Waals surface area contributed by atoms with Crippen LogP contribution in [0.5, 0.6) is 0 Å². The minimum atomic E-state index is -0.399. The second-order valence-electron chi connectivity index (χ2n) is 6.82. The first-order valence-electron chi connectivity index (χ1n) is 9.13. The van der Waals surface area contributed by atoms with Gasteiger partial charge in [0.15, 0.2) is 0 Å². The molecule has 1 aliphatic heterocycles. The number of primary amides is 1. The molecule has 1 aromatic heterocycles. The Morgan fingerprint density at radius 1 is 1.31 bits per heavy atom. The number of nitrogens with zero attached hydrogens (tertiary/aromatic N) is 1. The van der Waals surface area contributed by atoms with E-state index < -0.39 is 11.9 Å². The topological polar surface area (TPSA) is 102 Å². The second-order valence-corrected chi connectivity index (χ2v) is 7.70. The Morgan fingerprint density at radius 3 is 2.73 bits per heavy atom. The van der Waals surface area contributed by atoms with E-state index in [0.29, 0.717) is 36.1 Å². The normalized spacial score (nSPS) is 20.6. The number of nitrogens with one attached hydrogen (secondary N) is 1. The van der Waals surface area contributed by atoms with Crippen LogP contribution in [0.3, 0.4) is 0 Å². The number of thiophene rings is 1. The van der Waals surface area contributed by atoms with Crippen LogP contribution in [0, 0.1) is 0 Å². The minimum absolute atomic E-state index is 0.0898. The molecule has 0 radical (unpaired) electrons. The number of rotatable bonds is 7. The molecule has 1 atom stereocenters. The quantitative estimate of drug-likeness (QED) is 0.706. The molecule has 2 fully saturated rings. The number of anilines is 1. The molecule has 3 rings (SSSR count). The molecule has 0 spiro atoms. The third kappa shape index (κ3) is 4.24. The predicted molar refractivity (Wildman–Crippen MR) is 99.3 cm³/mol. The van der Waals surface area contributed by atoms with Gasteiger partial charge in [-0.1, -0.05) is 6.42 Å². The number of amides is 2. The van der Waals surface area contributed by atoms with E-state index in [1.165, 1.54) is 11.3 Å². The molecular formula is C18H25N3O4S. The van der Waals surface area contributed by atoms with Gasteiger partial charge in [-0.2, -0.15) is 0 Å². The first kappa shape index (κ1) is 18.8. The summed E-state index contributed by atoms with van der Waals surface area (Å²) in [6.45, 7) is 2.82. The second kappa shape index (κ2) is 8.18. The van der Waals surface area contributed by atoms with Crippen LogP contribution in [0.15, 0.2) is 5.38 Å². The van der Waals surface area contributed by atoms with E-state index in [4.69, 9.17) is 10.5 Å². The lowest BCUT2D eigenvalue weighted by Gasteiger charge is -2.32. The van der Waals surface area contributed by atoms with Gasteiger partial charge >= 0.3 is 5.97 Å². The van der Waals surface area contributed by atoms with Gasteiger partial charge in [0.1, 0.15) is 5.00 Å². The lowest BCUT2D eigenvalue weighted by Crippen LogP contribution is -2.50. The average molecular weight is 379 g/mol. The molecule has 1 aliphatic carbocycles. The van der Waals surface area contributed by atoms with Crippen molar-refractivity contribution >= 4 is 34.1 Å². The zero-order chi connectivity index (χ0) is 18.7. The van der Waals surface area contributed by atoms with E-state index in [9.17, 15) is 14.4 Å². The van der Waals surface area contributed by atoms with Crippen molar-refractivity contribution in [3.8, 4) is 0 Å². The maximum atomic E-state index is 12.5. The van der Waals surface area contributed by atoms with Gasteiger partial charge in [0.25, 0.3) is 0 Å². The number of nitrogens with two attached hydrogens (primary N) is 1. The molecule has 2 amide bonds. The number of likely N-dealkylation sites (tertiary alicyclic amines) is 1. The van der Waals surface area contributed by atoms with Gasteiger partial charge in [-0.05, 0) is 56.0 Å². The van der Waals surface area contributed by atoms with Crippen LogP contribution in [0.25, 0.3) is 0 Å². The fourth-order valence-electron chi connectivity index (χ4n) is 3.42. The SMILES string of the molecule is CCOC(=O)c1c(C2CC2)csc1NC(=O)CN1CCCCC1C(N)=O. The number of hydrogen-bond acceptors (Lipinski definition) is 6. The number of esters is 1. The van der Waals surface area contributed by atoms with Gasteiger partial charge in [-0.25, -0.2) is 4.79 Å². The van der Waals surface area contributed by atoms with Crippen LogP contribution in [0.4, 0.5) is 5.00 Å². The van der Waals surface area contributed by atoms with Crippen LogP contribution >= 0.6 is 11.3 Å². The van der Waals surface area contributed by atoms with Crippen molar-refractivity contribution in [1.29, 1.82) is 0 Å². The summed E-state index contributed by atoms with van der Waals surface area (Å²) in [6, 6.07) is -0.399. The van der Waals surface area contributed by atoms with Crippen molar-refractivity contribution in [3.63, 3.8) is 0 Å². The molecular weight excluding hydrogens is 354 g/mol. The number of piperidine rings is 1. The zero-order valence-electron chi connectivity index (χ0n) is 15.0. The molecule has 2 aliphatic rings. The third-order valence-corrected chi connectivity index (χ3v) is 5.77. The Bertz CT molecular complexity index is 699. The van der Waals surface area contributed by atoms with Crippen molar-refractivity contribution in [3.05, 3.63) is 16.5 Å². The molecule has 7 nitrogen and oxygen atoms in total. The summed E-state index contributed by atoms with van der Waals surface area (Å²) >= 11 is 1.35. The first-order valence-corrected chi connectivity index (χ1v) is 10.0. The monoisotopic (exact) mass is 379 g/mol. The summed E-state index contributed by atoms with van der Waals surface area (Å²) < 4.78 is 5.17. The van der Waals surface area contributed by atoms with Gasteiger partial charge in [0.2, 0.25) is 11.8 Å². The molecule has 1 unspecified atom stereocenters. The van der Waals surface area contributed by atoms with Crippen molar-refractivity contribution in [1.82, 2.24) is 4.90 Å². The highest BCUT2D eigenvalue weighted by atomic mass is 32.1. The van der Waals surface area contributed by atoms with Gasteiger partial charge in [0, 0.05) is 0 Å². The van der Waals surface area contributed by atoms with Crippen LogP contribution in [0.1, 0.15) is 60.9 Å². The third-order valence-electron chi connectivity index (χ3n) is 4.86. The highest BCUT2D eigenvalue weighted by Crippen LogP contribution is 2.46. The van der Waals surface area contributed by atoms with Gasteiger partial charge in [-0.15, -0.1) is 11.3 Å². The van der Waals surface area contributed by atoms with Crippen molar-refractivity contribution in [2.24, 2.45) is 5.73 Å². The van der Waals surface area contributed by atoms with E-state index in [1.54, 1.807) is 6.92 Å². The lowest BCUT2D eigenvalue weighted by atomic mass is 10.0. The van der Waals surface area contributed by atoms with E-state index in [0.717, 1.165) is 31.2 Å². The molecule has 142 valence electrons. The smallest absolute Gasteiger partial charge is 0.341 e. The molecule has 0 aromatic carbocycles. The van der Waals surface area contributed by atoms with Crippen LogP contribution in [0.2, 0.25) is 0 Å². The van der Waals surface area contributed by atoms with Crippen LogP contribution in [-0.2, 0) is 14.3 Å². The maximum Gasteiger partial charge on any atom is 0.341 e. The Labute approximate surface area is 156 Å². The van der Waals surface area contributed by atoms with E-state index in [2.05, 4.69) is 5.32 Å². The fourth-order valence-corrected chi connectivity index (χ4v) is 4.47. The van der Waals surface area contributed by atoms with E-state index in [1.807, 2.05) is 10.3 Å². The molecule has 2 heterocycles.